The molecule has 0 aromatic carbocycles. The first kappa shape index (κ1) is 93.2. The highest BCUT2D eigenvalue weighted by Crippen LogP contribution is 2.26. The van der Waals surface area contributed by atoms with E-state index in [2.05, 4.69) is 32.1 Å². The average Bonchev–Trinajstić information content (AvgIpc) is 0.841. The van der Waals surface area contributed by atoms with E-state index in [-0.39, 0.29) is 159 Å². The molecular weight excluding hydrogens is 1390 g/mol. The predicted octanol–water partition coefficient (Wildman–Crippen LogP) is -8.85. The molecule has 0 aromatic rings. The second-order valence-electron chi connectivity index (χ2n) is 25.9. The molecule has 0 aromatic heterocycles. The summed E-state index contributed by atoms with van der Waals surface area (Å²) in [4.78, 5) is 114. The molecule has 39 nitrogen and oxygen atoms in total. The molecule has 0 radical (unpaired) electrons. The molecule has 0 unspecified atom stereocenters. The highest BCUT2D eigenvalue weighted by molar-refractivity contribution is 5.87. The number of hydrogen-bond acceptors (Lipinski definition) is 34. The highest BCUT2D eigenvalue weighted by Gasteiger charge is 2.47. The third-order valence-electron chi connectivity index (χ3n) is 17.1. The summed E-state index contributed by atoms with van der Waals surface area (Å²) in [6, 6.07) is 0. The number of nitrogens with one attached hydrogen (secondary N) is 6. The number of unbranched alkanes of at least 4 members (excludes halogenated alkanes) is 5. The standard InChI is InChI=1S/C35H61N3O16.C30H55N5O15/c1-3-22(40)16-36-37-27(44)13-7-5-4-6-10-23(41)17-38(18-24(42)11-8-14-51-34-32(49)30(47)28(45)21(2)53-34)19-25(43)12-9-15-52-35-33(50)31(48)29(46)26(20-39)54-35;1-3-31-19(37)7-5-4-6-8-32-20(38)13-35(14-21(39)33-9-11-47-29-27(45)25(43)23(41)17(2)49-29)15-22(40)34-10-12-48-30-28(46)26(44)24(42)18(16-36)50-30/h21,26,28-36,39,45-50H,3-20H2,1-2H3,(H,37,44);17-18,23-30,36,41-46H,3-16H2,1-2H3,(H,31,37)(H,32,38)(H,33,39)(H,34,40)/t21-,26+,28+,29+,30+,31-,32-,33-,34+,35-;17-,18+,23+,24+,25+,26-,27-,28-,29+,30-/m00/s1. The summed E-state index contributed by atoms with van der Waals surface area (Å²) in [7, 11) is 0. The van der Waals surface area contributed by atoms with Gasteiger partial charge in [0, 0.05) is 64.7 Å². The maximum atomic E-state index is 12.9. The first-order chi connectivity index (χ1) is 49.5. The quantitative estimate of drug-likeness (QED) is 0.0199. The van der Waals surface area contributed by atoms with E-state index in [4.69, 9.17) is 37.9 Å². The summed E-state index contributed by atoms with van der Waals surface area (Å²) >= 11 is 0. The number of carbonyl (C=O) groups is 9. The first-order valence-electron chi connectivity index (χ1n) is 35.5. The Labute approximate surface area is 603 Å². The number of hydrogen-bond donors (Lipinski definition) is 20. The molecule has 4 aliphatic rings. The van der Waals surface area contributed by atoms with Crippen molar-refractivity contribution in [3.63, 3.8) is 0 Å². The van der Waals surface area contributed by atoms with Gasteiger partial charge in [-0.05, 0) is 59.3 Å². The number of amides is 5. The largest absolute Gasteiger partial charge is 0.394 e. The van der Waals surface area contributed by atoms with Crippen LogP contribution in [0.5, 0.6) is 0 Å². The van der Waals surface area contributed by atoms with Gasteiger partial charge in [-0.25, -0.2) is 5.43 Å². The Balaban J connectivity index is 0.000000542. The molecule has 4 rings (SSSR count). The van der Waals surface area contributed by atoms with Gasteiger partial charge in [0.15, 0.2) is 25.2 Å². The van der Waals surface area contributed by atoms with E-state index < -0.39 is 154 Å². The Bertz CT molecular complexity index is 2540. The molecular formula is C65H116N8O31. The number of ketones is 4. The van der Waals surface area contributed by atoms with Gasteiger partial charge in [0.25, 0.3) is 0 Å². The van der Waals surface area contributed by atoms with Crippen LogP contribution >= 0.6 is 0 Å². The van der Waals surface area contributed by atoms with Crippen molar-refractivity contribution in [1.82, 2.24) is 41.9 Å². The molecule has 602 valence electrons. The van der Waals surface area contributed by atoms with E-state index in [9.17, 15) is 115 Å². The number of ether oxygens (including phenoxy) is 8. The zero-order valence-corrected chi connectivity index (χ0v) is 59.8. The second-order valence-corrected chi connectivity index (χ2v) is 25.9. The SMILES string of the molecule is CCC(=O)CNNC(=O)CCCCCCC(=O)CN(CC(=O)CCCO[C@H]1O[C@H](CO)[C@@H](O)[C@H](O)[C@@H]1O)CC(=O)CCCO[C@@H]1O[C@@H](C)[C@@H](O)[C@@H](O)[C@@H]1O.CCNC(=O)CCCCCNC(=O)CN(CC(=O)NCCO[C@H]1O[C@H](CO)[C@@H](O)[C@H](O)[C@@H]1O)CC(=O)NCCO[C@@H]1O[C@@H](C)[C@@H](O)[C@@H](O)[C@@H]1O. The van der Waals surface area contributed by atoms with Gasteiger partial charge in [-0.1, -0.05) is 26.2 Å². The van der Waals surface area contributed by atoms with Crippen LogP contribution < -0.4 is 32.1 Å². The molecule has 20 N–H and O–H groups in total. The van der Waals surface area contributed by atoms with Crippen molar-refractivity contribution in [1.29, 1.82) is 0 Å². The van der Waals surface area contributed by atoms with Crippen LogP contribution in [0, 0.1) is 0 Å². The molecule has 0 spiro atoms. The van der Waals surface area contributed by atoms with Gasteiger partial charge in [-0.15, -0.1) is 0 Å². The Kier molecular flexibility index (Phi) is 46.1. The average molecular weight is 1510 g/mol. The lowest BCUT2D eigenvalue weighted by atomic mass is 9.99. The number of rotatable bonds is 50. The minimum absolute atomic E-state index is 0.00792. The summed E-state index contributed by atoms with van der Waals surface area (Å²) in [5.41, 5.74) is 5.06. The first-order valence-corrected chi connectivity index (χ1v) is 35.5. The second kappa shape index (κ2) is 51.4. The topological polar surface area (TPSA) is 589 Å². The lowest BCUT2D eigenvalue weighted by Gasteiger charge is -2.39. The molecule has 0 bridgehead atoms. The van der Waals surface area contributed by atoms with Crippen LogP contribution in [-0.2, 0) is 81.0 Å². The van der Waals surface area contributed by atoms with Crippen molar-refractivity contribution in [3.05, 3.63) is 0 Å². The minimum atomic E-state index is -1.62. The lowest BCUT2D eigenvalue weighted by Crippen LogP contribution is -2.59. The zero-order valence-electron chi connectivity index (χ0n) is 59.8. The van der Waals surface area contributed by atoms with E-state index in [1.165, 1.54) is 23.6 Å². The van der Waals surface area contributed by atoms with E-state index >= 15 is 0 Å². The summed E-state index contributed by atoms with van der Waals surface area (Å²) in [5.74, 6) is -2.61. The van der Waals surface area contributed by atoms with Gasteiger partial charge in [0.2, 0.25) is 29.5 Å². The van der Waals surface area contributed by atoms with Gasteiger partial charge < -0.3 is 131 Å². The number of aliphatic hydroxyl groups is 14. The number of nitrogens with zero attached hydrogens (tertiary/aromatic N) is 2. The van der Waals surface area contributed by atoms with Gasteiger partial charge in [-0.3, -0.25) is 58.4 Å². The summed E-state index contributed by atoms with van der Waals surface area (Å²) in [6.45, 7) is 4.15. The number of Topliss-reactive ketones (excluding diaryl/α,β-unsaturated/α-hetero) is 4. The Morgan fingerprint density at radius 2 is 0.692 bits per heavy atom. The van der Waals surface area contributed by atoms with E-state index in [1.54, 1.807) is 6.92 Å². The summed E-state index contributed by atoms with van der Waals surface area (Å²) in [5, 5.41) is 149. The van der Waals surface area contributed by atoms with Crippen molar-refractivity contribution >= 4 is 52.7 Å². The van der Waals surface area contributed by atoms with Crippen molar-refractivity contribution < 1.29 is 153 Å². The Morgan fingerprint density at radius 3 is 1.10 bits per heavy atom. The van der Waals surface area contributed by atoms with Crippen LogP contribution in [0.3, 0.4) is 0 Å². The van der Waals surface area contributed by atoms with Crippen LogP contribution in [0.2, 0.25) is 0 Å². The maximum absolute atomic E-state index is 12.9. The molecule has 4 aliphatic heterocycles. The molecule has 0 aliphatic carbocycles. The fourth-order valence-corrected chi connectivity index (χ4v) is 11.0. The van der Waals surface area contributed by atoms with E-state index in [0.717, 1.165) is 0 Å². The van der Waals surface area contributed by atoms with Gasteiger partial charge in [0.1, 0.15) is 109 Å². The highest BCUT2D eigenvalue weighted by atomic mass is 16.7. The Hall–Kier alpha value is -4.97. The van der Waals surface area contributed by atoms with E-state index in [1.807, 2.05) is 6.92 Å². The predicted molar refractivity (Wildman–Crippen MR) is 358 cm³/mol. The van der Waals surface area contributed by atoms with Crippen LogP contribution in [-0.4, -0.2) is 368 Å². The number of aliphatic hydroxyl groups excluding tert-OH is 14. The molecule has 39 heteroatoms. The fourth-order valence-electron chi connectivity index (χ4n) is 11.0. The normalized spacial score (nSPS) is 29.1. The summed E-state index contributed by atoms with van der Waals surface area (Å²) < 4.78 is 42.9. The van der Waals surface area contributed by atoms with Crippen molar-refractivity contribution in [2.24, 2.45) is 0 Å². The molecule has 4 saturated heterocycles. The molecule has 5 amide bonds. The molecule has 4 fully saturated rings. The number of carbonyl (C=O) groups excluding carboxylic acids is 9. The Morgan fingerprint density at radius 1 is 0.346 bits per heavy atom. The molecule has 0 saturated carbocycles. The van der Waals surface area contributed by atoms with Crippen LogP contribution in [0.1, 0.15) is 124 Å². The third-order valence-corrected chi connectivity index (χ3v) is 17.1. The lowest BCUT2D eigenvalue weighted by molar-refractivity contribution is -0.301. The molecule has 4 heterocycles. The monoisotopic (exact) mass is 1500 g/mol. The van der Waals surface area contributed by atoms with Gasteiger partial charge in [0.05, 0.1) is 97.7 Å². The maximum Gasteiger partial charge on any atom is 0.234 e. The van der Waals surface area contributed by atoms with Gasteiger partial charge in [-0.2, -0.15) is 0 Å². The summed E-state index contributed by atoms with van der Waals surface area (Å²) in [6.07, 6.45) is -20.9. The minimum Gasteiger partial charge on any atom is -0.394 e. The third kappa shape index (κ3) is 34.9. The zero-order chi connectivity index (χ0) is 77.4. The fraction of sp³-hybridized carbons (Fsp3) is 0.862. The van der Waals surface area contributed by atoms with Crippen LogP contribution in [0.25, 0.3) is 0 Å². The van der Waals surface area contributed by atoms with Crippen molar-refractivity contribution in [3.8, 4) is 0 Å². The van der Waals surface area contributed by atoms with Crippen molar-refractivity contribution in [2.45, 2.75) is 247 Å². The van der Waals surface area contributed by atoms with E-state index in [0.29, 0.717) is 70.9 Å². The molecule has 20 atom stereocenters. The molecule has 104 heavy (non-hydrogen) atoms. The van der Waals surface area contributed by atoms with Crippen LogP contribution in [0.4, 0.5) is 0 Å². The van der Waals surface area contributed by atoms with Crippen molar-refractivity contribution in [2.75, 3.05) is 112 Å². The smallest absolute Gasteiger partial charge is 0.234 e. The van der Waals surface area contributed by atoms with Gasteiger partial charge >= 0.3 is 0 Å². The number of hydrazine groups is 1. The van der Waals surface area contributed by atoms with Crippen LogP contribution in [0.15, 0.2) is 0 Å².